The van der Waals surface area contributed by atoms with E-state index in [1.807, 2.05) is 11.0 Å². The number of nitrogens with zero attached hydrogens (tertiary/aromatic N) is 1. The molecule has 2 rings (SSSR count). The molecule has 1 amide bonds. The first-order valence-corrected chi connectivity index (χ1v) is 7.39. The lowest BCUT2D eigenvalue weighted by atomic mass is 10.00. The largest absolute Gasteiger partial charge is 0.338 e. The summed E-state index contributed by atoms with van der Waals surface area (Å²) >= 11 is 7.49. The fourth-order valence-electron chi connectivity index (χ4n) is 2.21. The second kappa shape index (κ2) is 5.40. The van der Waals surface area contributed by atoms with Crippen molar-refractivity contribution >= 4 is 28.8 Å². The van der Waals surface area contributed by atoms with Crippen molar-refractivity contribution < 1.29 is 4.79 Å². The average Bonchev–Trinajstić information content (AvgIpc) is 2.69. The molecule has 17 heavy (non-hydrogen) atoms. The highest BCUT2D eigenvalue weighted by molar-refractivity contribution is 7.14. The summed E-state index contributed by atoms with van der Waals surface area (Å²) in [7, 11) is 0. The Kier molecular flexibility index (Phi) is 4.10. The van der Waals surface area contributed by atoms with Crippen LogP contribution in [0, 0.1) is 19.8 Å². The molecule has 0 aromatic carbocycles. The number of aryl methyl sites for hydroxylation is 2. The molecular formula is C13H18ClNOS. The lowest BCUT2D eigenvalue weighted by molar-refractivity contribution is 0.0689. The van der Waals surface area contributed by atoms with Gasteiger partial charge in [-0.2, -0.15) is 0 Å². The summed E-state index contributed by atoms with van der Waals surface area (Å²) in [6.07, 6.45) is 2.22. The predicted molar refractivity (Wildman–Crippen MR) is 73.1 cm³/mol. The predicted octanol–water partition coefficient (Wildman–Crippen LogP) is 3.46. The summed E-state index contributed by atoms with van der Waals surface area (Å²) in [4.78, 5) is 16.4. The van der Waals surface area contributed by atoms with Gasteiger partial charge in [0.15, 0.2) is 0 Å². The summed E-state index contributed by atoms with van der Waals surface area (Å²) in [5, 5.41) is 0. The Morgan fingerprint density at radius 1 is 1.59 bits per heavy atom. The van der Waals surface area contributed by atoms with Crippen LogP contribution in [0.25, 0.3) is 0 Å². The van der Waals surface area contributed by atoms with E-state index >= 15 is 0 Å². The molecule has 2 heterocycles. The molecule has 1 atom stereocenters. The van der Waals surface area contributed by atoms with Gasteiger partial charge in [-0.15, -0.1) is 22.9 Å². The van der Waals surface area contributed by atoms with E-state index in [9.17, 15) is 4.79 Å². The quantitative estimate of drug-likeness (QED) is 0.755. The maximum absolute atomic E-state index is 12.3. The third kappa shape index (κ3) is 2.83. The van der Waals surface area contributed by atoms with Gasteiger partial charge in [0.1, 0.15) is 0 Å². The minimum absolute atomic E-state index is 0.181. The van der Waals surface area contributed by atoms with Gasteiger partial charge in [-0.05, 0) is 44.2 Å². The van der Waals surface area contributed by atoms with Crippen LogP contribution in [0.3, 0.4) is 0 Å². The summed E-state index contributed by atoms with van der Waals surface area (Å²) in [6, 6.07) is 2.01. The van der Waals surface area contributed by atoms with E-state index in [4.69, 9.17) is 11.6 Å². The minimum Gasteiger partial charge on any atom is -0.338 e. The fourth-order valence-corrected chi connectivity index (χ4v) is 3.46. The van der Waals surface area contributed by atoms with Crippen molar-refractivity contribution in [1.82, 2.24) is 4.90 Å². The van der Waals surface area contributed by atoms with Crippen molar-refractivity contribution in [3.8, 4) is 0 Å². The number of likely N-dealkylation sites (tertiary alicyclic amines) is 1. The lowest BCUT2D eigenvalue weighted by Gasteiger charge is -2.31. The maximum Gasteiger partial charge on any atom is 0.263 e. The number of halogens is 1. The number of carbonyl (C=O) groups excluding carboxylic acids is 1. The van der Waals surface area contributed by atoms with E-state index in [0.29, 0.717) is 11.8 Å². The Labute approximate surface area is 112 Å². The van der Waals surface area contributed by atoms with Crippen molar-refractivity contribution in [3.63, 3.8) is 0 Å². The second-order valence-corrected chi connectivity index (χ2v) is 6.33. The van der Waals surface area contributed by atoms with Gasteiger partial charge in [-0.1, -0.05) is 0 Å². The van der Waals surface area contributed by atoms with E-state index in [1.54, 1.807) is 11.3 Å². The van der Waals surface area contributed by atoms with Gasteiger partial charge in [0.25, 0.3) is 5.91 Å². The van der Waals surface area contributed by atoms with Crippen LogP contribution in [0.1, 0.15) is 33.0 Å². The van der Waals surface area contributed by atoms with E-state index in [0.717, 1.165) is 30.8 Å². The molecule has 94 valence electrons. The van der Waals surface area contributed by atoms with Gasteiger partial charge in [-0.25, -0.2) is 0 Å². The topological polar surface area (TPSA) is 20.3 Å². The third-order valence-electron chi connectivity index (χ3n) is 3.40. The SMILES string of the molecule is Cc1cc(C(=O)N2CCCC(CCl)C2)sc1C. The van der Waals surface area contributed by atoms with Crippen LogP contribution in [-0.4, -0.2) is 29.8 Å². The first-order valence-electron chi connectivity index (χ1n) is 6.04. The normalized spacial score (nSPS) is 20.6. The molecule has 1 saturated heterocycles. The van der Waals surface area contributed by atoms with Gasteiger partial charge in [0.2, 0.25) is 0 Å². The molecule has 0 saturated carbocycles. The van der Waals surface area contributed by atoms with E-state index in [2.05, 4.69) is 13.8 Å². The number of hydrogen-bond donors (Lipinski definition) is 0. The van der Waals surface area contributed by atoms with Crippen LogP contribution in [0.2, 0.25) is 0 Å². The standard InChI is InChI=1S/C13H18ClNOS/c1-9-6-12(17-10(9)2)13(16)15-5-3-4-11(7-14)8-15/h6,11H,3-5,7-8H2,1-2H3. The number of carbonyl (C=O) groups is 1. The van der Waals surface area contributed by atoms with Crippen LogP contribution in [-0.2, 0) is 0 Å². The van der Waals surface area contributed by atoms with E-state index in [1.165, 1.54) is 10.4 Å². The molecular weight excluding hydrogens is 254 g/mol. The molecule has 0 N–H and O–H groups in total. The third-order valence-corrected chi connectivity index (χ3v) is 4.98. The molecule has 2 nitrogen and oxygen atoms in total. The molecule has 4 heteroatoms. The molecule has 1 aromatic rings. The molecule has 1 aromatic heterocycles. The monoisotopic (exact) mass is 271 g/mol. The Morgan fingerprint density at radius 3 is 2.94 bits per heavy atom. The first kappa shape index (κ1) is 12.9. The summed E-state index contributed by atoms with van der Waals surface area (Å²) in [5.41, 5.74) is 1.21. The highest BCUT2D eigenvalue weighted by Crippen LogP contribution is 2.25. The van der Waals surface area contributed by atoms with Crippen LogP contribution in [0.15, 0.2) is 6.07 Å². The van der Waals surface area contributed by atoms with Crippen LogP contribution in [0.4, 0.5) is 0 Å². The number of hydrogen-bond acceptors (Lipinski definition) is 2. The fraction of sp³-hybridized carbons (Fsp3) is 0.615. The number of rotatable bonds is 2. The van der Waals surface area contributed by atoms with Crippen molar-refractivity contribution in [3.05, 3.63) is 21.4 Å². The Hall–Kier alpha value is -0.540. The Balaban J connectivity index is 2.09. The molecule has 0 aliphatic carbocycles. The maximum atomic E-state index is 12.3. The number of piperidine rings is 1. The zero-order valence-electron chi connectivity index (χ0n) is 10.3. The highest BCUT2D eigenvalue weighted by Gasteiger charge is 2.24. The minimum atomic E-state index is 0.181. The molecule has 1 unspecified atom stereocenters. The molecule has 0 radical (unpaired) electrons. The average molecular weight is 272 g/mol. The van der Waals surface area contributed by atoms with Gasteiger partial charge in [0.05, 0.1) is 4.88 Å². The van der Waals surface area contributed by atoms with Crippen LogP contribution < -0.4 is 0 Å². The van der Waals surface area contributed by atoms with Crippen LogP contribution in [0.5, 0.6) is 0 Å². The molecule has 1 aliphatic rings. The summed E-state index contributed by atoms with van der Waals surface area (Å²) < 4.78 is 0. The first-order chi connectivity index (χ1) is 8.11. The number of amides is 1. The van der Waals surface area contributed by atoms with Gasteiger partial charge in [0, 0.05) is 23.8 Å². The second-order valence-electron chi connectivity index (χ2n) is 4.76. The number of alkyl halides is 1. The van der Waals surface area contributed by atoms with Gasteiger partial charge >= 0.3 is 0 Å². The molecule has 1 aliphatic heterocycles. The van der Waals surface area contributed by atoms with Crippen molar-refractivity contribution in [2.24, 2.45) is 5.92 Å². The smallest absolute Gasteiger partial charge is 0.263 e. The Morgan fingerprint density at radius 2 is 2.35 bits per heavy atom. The highest BCUT2D eigenvalue weighted by atomic mass is 35.5. The summed E-state index contributed by atoms with van der Waals surface area (Å²) in [6.45, 7) is 5.81. The Bertz CT molecular complexity index is 396. The molecule has 0 spiro atoms. The van der Waals surface area contributed by atoms with Crippen molar-refractivity contribution in [2.45, 2.75) is 26.7 Å². The van der Waals surface area contributed by atoms with Crippen molar-refractivity contribution in [2.75, 3.05) is 19.0 Å². The number of thiophene rings is 1. The van der Waals surface area contributed by atoms with Crippen LogP contribution >= 0.6 is 22.9 Å². The van der Waals surface area contributed by atoms with Gasteiger partial charge < -0.3 is 4.90 Å². The lowest BCUT2D eigenvalue weighted by Crippen LogP contribution is -2.40. The zero-order valence-corrected chi connectivity index (χ0v) is 11.9. The zero-order chi connectivity index (χ0) is 12.4. The molecule has 0 bridgehead atoms. The summed E-state index contributed by atoms with van der Waals surface area (Å²) in [5.74, 6) is 1.31. The van der Waals surface area contributed by atoms with Gasteiger partial charge in [-0.3, -0.25) is 4.79 Å². The molecule has 1 fully saturated rings. The van der Waals surface area contributed by atoms with E-state index in [-0.39, 0.29) is 5.91 Å². The van der Waals surface area contributed by atoms with Crippen molar-refractivity contribution in [1.29, 1.82) is 0 Å². The van der Waals surface area contributed by atoms with E-state index < -0.39 is 0 Å².